The number of aryl methyl sites for hydroxylation is 1. The van der Waals surface area contributed by atoms with Crippen LogP contribution in [0.25, 0.3) is 0 Å². The molecule has 3 atom stereocenters. The van der Waals surface area contributed by atoms with E-state index in [0.29, 0.717) is 24.9 Å². The van der Waals surface area contributed by atoms with Gasteiger partial charge in [0.25, 0.3) is 0 Å². The molecule has 3 heteroatoms. The molecule has 1 saturated carbocycles. The van der Waals surface area contributed by atoms with Gasteiger partial charge in [0, 0.05) is 6.42 Å². The number of aliphatic hydroxyl groups excluding tert-OH is 1. The summed E-state index contributed by atoms with van der Waals surface area (Å²) in [4.78, 5) is 11.5. The van der Waals surface area contributed by atoms with Gasteiger partial charge in [-0.25, -0.2) is 0 Å². The molecule has 0 amide bonds. The molecule has 1 fully saturated rings. The minimum absolute atomic E-state index is 0.0773. The number of aliphatic hydroxyl groups is 1. The number of ether oxygens (including phenoxy) is 1. The Bertz CT molecular complexity index is 581. The number of carbonyl (C=O) groups is 1. The number of hydrogen-bond donors (Lipinski definition) is 1. The second-order valence-electron chi connectivity index (χ2n) is 8.47. The van der Waals surface area contributed by atoms with Crippen molar-refractivity contribution < 1.29 is 14.6 Å². The molecule has 0 spiro atoms. The van der Waals surface area contributed by atoms with Crippen molar-refractivity contribution in [3.05, 3.63) is 48.0 Å². The van der Waals surface area contributed by atoms with E-state index >= 15 is 0 Å². The molecule has 0 unspecified atom stereocenters. The zero-order valence-electron chi connectivity index (χ0n) is 22.2. The van der Waals surface area contributed by atoms with Crippen molar-refractivity contribution in [1.82, 2.24) is 0 Å². The first kappa shape index (κ1) is 31.4. The SMILES string of the molecule is CC.CC.CCCOC(=O)CCC/C=C\C[C@H]1CC[C@@H](O)[C@@H]1CCCCCc1ccccc1. The normalized spacial score (nSPS) is 19.4. The van der Waals surface area contributed by atoms with Crippen molar-refractivity contribution in [2.24, 2.45) is 11.8 Å². The number of allylic oxidation sites excluding steroid dienone is 2. The van der Waals surface area contributed by atoms with E-state index in [4.69, 9.17) is 4.74 Å². The molecule has 1 aliphatic rings. The van der Waals surface area contributed by atoms with Gasteiger partial charge in [-0.2, -0.15) is 0 Å². The fraction of sp³-hybridized carbons (Fsp3) is 0.700. The van der Waals surface area contributed by atoms with Gasteiger partial charge in [0.05, 0.1) is 12.7 Å². The average molecular weight is 461 g/mol. The van der Waals surface area contributed by atoms with Crippen molar-refractivity contribution in [3.8, 4) is 0 Å². The minimum Gasteiger partial charge on any atom is -0.466 e. The van der Waals surface area contributed by atoms with Gasteiger partial charge in [0.1, 0.15) is 0 Å². The van der Waals surface area contributed by atoms with E-state index in [-0.39, 0.29) is 12.1 Å². The first-order chi connectivity index (χ1) is 16.2. The fourth-order valence-electron chi connectivity index (χ4n) is 4.42. The lowest BCUT2D eigenvalue weighted by molar-refractivity contribution is -0.143. The maximum Gasteiger partial charge on any atom is 0.305 e. The van der Waals surface area contributed by atoms with E-state index < -0.39 is 0 Å². The van der Waals surface area contributed by atoms with Gasteiger partial charge in [-0.1, -0.05) is 89.9 Å². The number of carbonyl (C=O) groups excluding carboxylic acids is 1. The molecule has 2 rings (SSSR count). The Balaban J connectivity index is 0.00000242. The van der Waals surface area contributed by atoms with Crippen LogP contribution in [0.3, 0.4) is 0 Å². The molecule has 0 saturated heterocycles. The smallest absolute Gasteiger partial charge is 0.305 e. The summed E-state index contributed by atoms with van der Waals surface area (Å²) < 4.78 is 5.09. The zero-order chi connectivity index (χ0) is 24.7. The lowest BCUT2D eigenvalue weighted by atomic mass is 9.87. The van der Waals surface area contributed by atoms with Crippen LogP contribution in [0.2, 0.25) is 0 Å². The maximum atomic E-state index is 11.5. The zero-order valence-corrected chi connectivity index (χ0v) is 22.2. The third-order valence-corrected chi connectivity index (χ3v) is 6.10. The summed E-state index contributed by atoms with van der Waals surface area (Å²) in [6.07, 6.45) is 16.7. The quantitative estimate of drug-likeness (QED) is 0.172. The largest absolute Gasteiger partial charge is 0.466 e. The van der Waals surface area contributed by atoms with E-state index in [1.54, 1.807) is 0 Å². The van der Waals surface area contributed by atoms with Crippen molar-refractivity contribution >= 4 is 5.97 Å². The minimum atomic E-state index is -0.115. The van der Waals surface area contributed by atoms with Gasteiger partial charge < -0.3 is 9.84 Å². The standard InChI is InChI=1S/C26H40O3.2C2H6/c1-2-21-29-26(28)18-12-4-3-10-16-23-19-20-25(27)24(23)17-11-6-9-15-22-13-7-5-8-14-22;2*1-2/h3,5,7-8,10,13-14,23-25,27H,2,4,6,9,11-12,15-21H2,1H3;2*1-2H3/b10-3-;;/t23-,24+,25+;;/m0../s1. The van der Waals surface area contributed by atoms with E-state index in [1.807, 2.05) is 34.6 Å². The van der Waals surface area contributed by atoms with E-state index in [2.05, 4.69) is 42.5 Å². The topological polar surface area (TPSA) is 46.5 Å². The van der Waals surface area contributed by atoms with Gasteiger partial charge in [-0.3, -0.25) is 4.79 Å². The molecule has 1 aliphatic carbocycles. The fourth-order valence-corrected chi connectivity index (χ4v) is 4.42. The number of hydrogen-bond acceptors (Lipinski definition) is 3. The third kappa shape index (κ3) is 15.0. The molecule has 190 valence electrons. The van der Waals surface area contributed by atoms with Crippen LogP contribution in [0, 0.1) is 11.8 Å². The summed E-state index contributed by atoms with van der Waals surface area (Å²) in [5, 5.41) is 10.4. The maximum absolute atomic E-state index is 11.5. The second-order valence-corrected chi connectivity index (χ2v) is 8.47. The summed E-state index contributed by atoms with van der Waals surface area (Å²) in [7, 11) is 0. The third-order valence-electron chi connectivity index (χ3n) is 6.10. The second kappa shape index (κ2) is 22.2. The Morgan fingerprint density at radius 2 is 1.73 bits per heavy atom. The van der Waals surface area contributed by atoms with E-state index in [0.717, 1.165) is 51.4 Å². The Morgan fingerprint density at radius 1 is 1.00 bits per heavy atom. The Morgan fingerprint density at radius 3 is 2.42 bits per heavy atom. The van der Waals surface area contributed by atoms with Crippen LogP contribution in [-0.2, 0) is 16.0 Å². The number of unbranched alkanes of at least 4 members (excludes halogenated alkanes) is 3. The molecule has 33 heavy (non-hydrogen) atoms. The molecule has 3 nitrogen and oxygen atoms in total. The summed E-state index contributed by atoms with van der Waals surface area (Å²) in [5.74, 6) is 0.997. The molecule has 1 aromatic carbocycles. The first-order valence-electron chi connectivity index (χ1n) is 13.7. The average Bonchev–Trinajstić information content (AvgIpc) is 3.22. The lowest BCUT2D eigenvalue weighted by Crippen LogP contribution is -2.18. The molecule has 0 aromatic heterocycles. The molecular weight excluding hydrogens is 408 g/mol. The van der Waals surface area contributed by atoms with Gasteiger partial charge in [-0.05, 0) is 75.2 Å². The van der Waals surface area contributed by atoms with Crippen molar-refractivity contribution in [2.75, 3.05) is 6.61 Å². The Hall–Kier alpha value is -1.61. The molecule has 0 aliphatic heterocycles. The molecule has 1 N–H and O–H groups in total. The van der Waals surface area contributed by atoms with Gasteiger partial charge in [0.15, 0.2) is 0 Å². The van der Waals surface area contributed by atoms with Crippen LogP contribution in [0.5, 0.6) is 0 Å². The number of rotatable bonds is 14. The Kier molecular flexibility index (Phi) is 21.1. The molecule has 0 radical (unpaired) electrons. The van der Waals surface area contributed by atoms with E-state index in [1.165, 1.54) is 24.8 Å². The van der Waals surface area contributed by atoms with Crippen molar-refractivity contribution in [3.63, 3.8) is 0 Å². The van der Waals surface area contributed by atoms with Crippen LogP contribution >= 0.6 is 0 Å². The molecule has 1 aromatic rings. The Labute approximate surface area is 205 Å². The molecule has 0 heterocycles. The van der Waals surface area contributed by atoms with Crippen molar-refractivity contribution in [1.29, 1.82) is 0 Å². The van der Waals surface area contributed by atoms with Crippen molar-refractivity contribution in [2.45, 2.75) is 118 Å². The summed E-state index contributed by atoms with van der Waals surface area (Å²) >= 11 is 0. The summed E-state index contributed by atoms with van der Waals surface area (Å²) in [6, 6.07) is 10.7. The highest BCUT2D eigenvalue weighted by atomic mass is 16.5. The van der Waals surface area contributed by atoms with Crippen LogP contribution < -0.4 is 0 Å². The van der Waals surface area contributed by atoms with Gasteiger partial charge in [-0.15, -0.1) is 0 Å². The monoisotopic (exact) mass is 460 g/mol. The van der Waals surface area contributed by atoms with Crippen LogP contribution in [0.4, 0.5) is 0 Å². The first-order valence-corrected chi connectivity index (χ1v) is 13.7. The number of esters is 1. The lowest BCUT2D eigenvalue weighted by Gasteiger charge is -2.21. The van der Waals surface area contributed by atoms with Crippen LogP contribution in [0.15, 0.2) is 42.5 Å². The van der Waals surface area contributed by atoms with Gasteiger partial charge in [0.2, 0.25) is 0 Å². The molecule has 0 bridgehead atoms. The predicted molar refractivity (Wildman–Crippen MR) is 142 cm³/mol. The van der Waals surface area contributed by atoms with E-state index in [9.17, 15) is 9.90 Å². The van der Waals surface area contributed by atoms with Gasteiger partial charge >= 0.3 is 5.97 Å². The summed E-state index contributed by atoms with van der Waals surface area (Å²) in [5.41, 5.74) is 1.43. The highest BCUT2D eigenvalue weighted by Gasteiger charge is 2.33. The number of benzene rings is 1. The van der Waals surface area contributed by atoms with Crippen LogP contribution in [0.1, 0.15) is 111 Å². The highest BCUT2D eigenvalue weighted by Crippen LogP contribution is 2.38. The summed E-state index contributed by atoms with van der Waals surface area (Å²) in [6.45, 7) is 10.5. The molecular formula is C30H52O3. The highest BCUT2D eigenvalue weighted by molar-refractivity contribution is 5.69. The van der Waals surface area contributed by atoms with Crippen LogP contribution in [-0.4, -0.2) is 23.8 Å². The predicted octanol–water partition coefficient (Wildman–Crippen LogP) is 8.30.